The van der Waals surface area contributed by atoms with Gasteiger partial charge in [0.25, 0.3) is 0 Å². The molecule has 0 amide bonds. The molecule has 1 unspecified atom stereocenters. The van der Waals surface area contributed by atoms with E-state index in [0.717, 1.165) is 0 Å². The van der Waals surface area contributed by atoms with Gasteiger partial charge in [-0.1, -0.05) is 31.5 Å². The summed E-state index contributed by atoms with van der Waals surface area (Å²) in [7, 11) is 1.76. The van der Waals surface area contributed by atoms with Gasteiger partial charge in [0.15, 0.2) is 0 Å². The second-order valence-corrected chi connectivity index (χ2v) is 6.02. The molecule has 0 aromatic rings. The van der Waals surface area contributed by atoms with Gasteiger partial charge in [0.1, 0.15) is 10.5 Å². The van der Waals surface area contributed by atoms with E-state index in [9.17, 15) is 0 Å². The molecule has 0 aromatic carbocycles. The van der Waals surface area contributed by atoms with Gasteiger partial charge in [-0.05, 0) is 46.6 Å². The van der Waals surface area contributed by atoms with Crippen molar-refractivity contribution in [3.05, 3.63) is 0 Å². The summed E-state index contributed by atoms with van der Waals surface area (Å²) in [6, 6.07) is 0. The lowest BCUT2D eigenvalue weighted by molar-refractivity contribution is 0.102. The average Bonchev–Trinajstić information content (AvgIpc) is 3.10. The van der Waals surface area contributed by atoms with Gasteiger partial charge in [0.2, 0.25) is 0 Å². The summed E-state index contributed by atoms with van der Waals surface area (Å²) < 4.78 is 0. The summed E-state index contributed by atoms with van der Waals surface area (Å²) in [5.41, 5.74) is 4.82. The van der Waals surface area contributed by atoms with Crippen molar-refractivity contribution < 1.29 is 12.0 Å². The zero-order valence-electron chi connectivity index (χ0n) is 13.5. The van der Waals surface area contributed by atoms with Gasteiger partial charge >= 0.3 is 0 Å². The van der Waals surface area contributed by atoms with Crippen LogP contribution in [-0.4, -0.2) is 33.8 Å². The second-order valence-electron chi connectivity index (χ2n) is 4.87. The molecule has 0 spiro atoms. The normalized spacial score (nSPS) is 14.0. The molecule has 1 atom stereocenters. The summed E-state index contributed by atoms with van der Waals surface area (Å²) in [5.74, 6) is 6.35. The van der Waals surface area contributed by atoms with Crippen molar-refractivity contribution in [1.82, 2.24) is 5.32 Å². The highest BCUT2D eigenvalue weighted by molar-refractivity contribution is 8.14. The van der Waals surface area contributed by atoms with Crippen molar-refractivity contribution in [1.29, 1.82) is 5.41 Å². The topological polar surface area (TPSA) is 114 Å². The van der Waals surface area contributed by atoms with E-state index in [4.69, 9.17) is 16.2 Å². The average molecular weight is 308 g/mol. The molecule has 0 aliphatic heterocycles. The first-order chi connectivity index (χ1) is 8.72. The maximum atomic E-state index is 8.52. The smallest absolute Gasteiger partial charge is 0.141 e. The molecule has 6 heteroatoms. The van der Waals surface area contributed by atoms with Crippen molar-refractivity contribution in [2.75, 3.05) is 7.05 Å². The van der Waals surface area contributed by atoms with Crippen LogP contribution in [0.4, 0.5) is 0 Å². The van der Waals surface area contributed by atoms with E-state index in [0.29, 0.717) is 11.0 Å². The molecule has 1 rings (SSSR count). The molecule has 0 heterocycles. The van der Waals surface area contributed by atoms with Gasteiger partial charge in [-0.15, -0.1) is 0 Å². The van der Waals surface area contributed by atoms with Gasteiger partial charge in [0.05, 0.1) is 5.60 Å². The lowest BCUT2D eigenvalue weighted by atomic mass is 10.2. The first kappa shape index (κ1) is 24.4. The molecule has 0 aromatic heterocycles. The highest BCUT2D eigenvalue weighted by Crippen LogP contribution is 2.27. The lowest BCUT2D eigenvalue weighted by Gasteiger charge is -2.05. The summed E-state index contributed by atoms with van der Waals surface area (Å²) in [4.78, 5) is 0. The maximum absolute atomic E-state index is 8.52. The van der Waals surface area contributed by atoms with Crippen LogP contribution < -0.4 is 11.1 Å². The van der Waals surface area contributed by atoms with Crippen molar-refractivity contribution >= 4 is 16.8 Å². The Morgan fingerprint density at radius 1 is 1.45 bits per heavy atom. The largest absolute Gasteiger partial charge is 0.412 e. The Kier molecular flexibility index (Phi) is 16.4. The third-order valence-electron chi connectivity index (χ3n) is 1.50. The minimum atomic E-state index is -0.500. The molecule has 0 radical (unpaired) electrons. The van der Waals surface area contributed by atoms with E-state index >= 15 is 0 Å². The number of hydrogen-bond acceptors (Lipinski definition) is 5. The molecule has 0 saturated heterocycles. The first-order valence-electron chi connectivity index (χ1n) is 6.64. The molecule has 122 valence electrons. The first-order valence-corrected chi connectivity index (χ1v) is 7.52. The Morgan fingerprint density at radius 3 is 2.15 bits per heavy atom. The molecule has 1 aliphatic carbocycles. The predicted octanol–water partition coefficient (Wildman–Crippen LogP) is 1.80. The van der Waals surface area contributed by atoms with Crippen LogP contribution >= 0.6 is 11.8 Å². The fourth-order valence-corrected chi connectivity index (χ4v) is 1.10. The number of nitrogens with two attached hydrogens (primary N) is 1. The van der Waals surface area contributed by atoms with Crippen molar-refractivity contribution in [3.63, 3.8) is 0 Å². The Bertz CT molecular complexity index is 302. The third-order valence-corrected chi connectivity index (χ3v) is 2.32. The zero-order chi connectivity index (χ0) is 15.5. The van der Waals surface area contributed by atoms with Gasteiger partial charge in [-0.25, -0.2) is 0 Å². The van der Waals surface area contributed by atoms with Crippen LogP contribution in [0.25, 0.3) is 0 Å². The van der Waals surface area contributed by atoms with Crippen LogP contribution in [-0.2, 0) is 0 Å². The highest BCUT2D eigenvalue weighted by Gasteiger charge is 2.17. The molecule has 1 aliphatic rings. The van der Waals surface area contributed by atoms with Gasteiger partial charge in [0, 0.05) is 7.34 Å². The molecule has 1 saturated carbocycles. The lowest BCUT2D eigenvalue weighted by Crippen LogP contribution is -2.31. The number of aliphatic hydroxyl groups is 1. The predicted molar refractivity (Wildman–Crippen MR) is 91.9 cm³/mol. The Morgan fingerprint density at radius 2 is 1.85 bits per heavy atom. The fraction of sp³-hybridized carbons (Fsp3) is 0.786. The van der Waals surface area contributed by atoms with Crippen LogP contribution in [0.2, 0.25) is 0 Å². The molecule has 5 nitrogen and oxygen atoms in total. The van der Waals surface area contributed by atoms with Crippen LogP contribution in [0, 0.1) is 23.2 Å². The summed E-state index contributed by atoms with van der Waals surface area (Å²) in [6.07, 6.45) is 2.39. The van der Waals surface area contributed by atoms with E-state index < -0.39 is 5.60 Å². The van der Waals surface area contributed by atoms with Gasteiger partial charge in [-0.2, -0.15) is 0 Å². The molecule has 0 bridgehead atoms. The van der Waals surface area contributed by atoms with Crippen LogP contribution in [0.5, 0.6) is 0 Å². The van der Waals surface area contributed by atoms with E-state index in [2.05, 4.69) is 17.2 Å². The van der Waals surface area contributed by atoms with Gasteiger partial charge in [-0.3, -0.25) is 10.7 Å². The Balaban J connectivity index is -0.000000139. The maximum Gasteiger partial charge on any atom is 0.141 e. The molecular weight excluding hydrogens is 274 g/mol. The molecular formula is C14H33N3O2S. The fourth-order valence-electron chi connectivity index (χ4n) is 0.611. The van der Waals surface area contributed by atoms with Crippen LogP contribution in [0.3, 0.4) is 0 Å². The van der Waals surface area contributed by atoms with Crippen LogP contribution in [0.1, 0.15) is 48.9 Å². The SMILES string of the molecule is CC.CC(C)(C)O.CNC(N)SC(=N)C#CC1CC1.O.[HH]. The monoisotopic (exact) mass is 307 g/mol. The highest BCUT2D eigenvalue weighted by atomic mass is 32.2. The second kappa shape index (κ2) is 13.4. The number of rotatable bonds is 2. The van der Waals surface area contributed by atoms with E-state index in [1.165, 1.54) is 24.6 Å². The summed E-state index contributed by atoms with van der Waals surface area (Å²) in [6.45, 7) is 9.23. The molecule has 1 fully saturated rings. The number of nitrogens with one attached hydrogen (secondary N) is 2. The van der Waals surface area contributed by atoms with E-state index in [1.807, 2.05) is 13.8 Å². The third kappa shape index (κ3) is 26.1. The number of hydrogen-bond donors (Lipinski definition) is 4. The summed E-state index contributed by atoms with van der Waals surface area (Å²) in [5, 5.41) is 19.1. The summed E-state index contributed by atoms with van der Waals surface area (Å²) >= 11 is 1.25. The minimum absolute atomic E-state index is 0. The quantitative estimate of drug-likeness (QED) is 0.269. The Labute approximate surface area is 129 Å². The molecule has 7 N–H and O–H groups in total. The van der Waals surface area contributed by atoms with Gasteiger partial charge < -0.3 is 16.3 Å². The van der Waals surface area contributed by atoms with Crippen molar-refractivity contribution in [3.8, 4) is 11.8 Å². The van der Waals surface area contributed by atoms with Crippen LogP contribution in [0.15, 0.2) is 0 Å². The minimum Gasteiger partial charge on any atom is -0.412 e. The Hall–Kier alpha value is -0.580. The van der Waals surface area contributed by atoms with E-state index in [1.54, 1.807) is 27.8 Å². The molecule has 20 heavy (non-hydrogen) atoms. The zero-order valence-corrected chi connectivity index (χ0v) is 14.3. The number of thioether (sulfide) groups is 1. The standard InChI is InChI=1S/C8H13N3S.C4H10O.C2H6.H2O.H2/c1-11-8(10)12-7(9)5-4-6-2-3-6;1-4(2,3)5;1-2;;/h6,8-9,11H,2-3,10H2,1H3;5H,1-3H3;1-2H3;1H2;1H. The van der Waals surface area contributed by atoms with Crippen molar-refractivity contribution in [2.45, 2.75) is 58.6 Å². The van der Waals surface area contributed by atoms with E-state index in [-0.39, 0.29) is 12.4 Å². The van der Waals surface area contributed by atoms with Crippen molar-refractivity contribution in [2.24, 2.45) is 11.7 Å².